The lowest BCUT2D eigenvalue weighted by Gasteiger charge is -2.29. The molecule has 1 heterocycles. The van der Waals surface area contributed by atoms with Gasteiger partial charge in [0.25, 0.3) is 0 Å². The molecule has 0 spiro atoms. The van der Waals surface area contributed by atoms with Crippen molar-refractivity contribution in [2.75, 3.05) is 0 Å². The van der Waals surface area contributed by atoms with Gasteiger partial charge in [-0.3, -0.25) is 0 Å². The lowest BCUT2D eigenvalue weighted by atomic mass is 9.78. The van der Waals surface area contributed by atoms with Gasteiger partial charge in [0.1, 0.15) is 0 Å². The molecule has 0 aliphatic carbocycles. The van der Waals surface area contributed by atoms with E-state index in [4.69, 9.17) is 0 Å². The Morgan fingerprint density at radius 3 is 1.93 bits per heavy atom. The van der Waals surface area contributed by atoms with Crippen LogP contribution in [-0.2, 0) is 9.59 Å². The molecule has 0 amide bonds. The van der Waals surface area contributed by atoms with Crippen molar-refractivity contribution in [3.8, 4) is 0 Å². The van der Waals surface area contributed by atoms with Crippen molar-refractivity contribution in [3.63, 3.8) is 0 Å². The molecule has 1 aliphatic rings. The Morgan fingerprint density at radius 2 is 1.38 bits per heavy atom. The fourth-order valence-corrected chi connectivity index (χ4v) is 3.66. The van der Waals surface area contributed by atoms with E-state index in [0.29, 0.717) is 17.0 Å². The summed E-state index contributed by atoms with van der Waals surface area (Å²) in [5.74, 6) is -3.14. The van der Waals surface area contributed by atoms with E-state index in [1.807, 2.05) is 55.5 Å². The van der Waals surface area contributed by atoms with Gasteiger partial charge < -0.3 is 15.5 Å². The number of dihydropyridines is 1. The lowest BCUT2D eigenvalue weighted by Crippen LogP contribution is -2.31. The SMILES string of the molecule is CC1=C(C(=O)O)C(c2ccccc2/C=C/c2ccc(C)cc2)C(C(=O)O)=C(C)N1. The quantitative estimate of drug-likeness (QED) is 0.652. The molecular formula is C24H23NO4. The van der Waals surface area contributed by atoms with E-state index in [0.717, 1.165) is 16.7 Å². The Kier molecular flexibility index (Phi) is 5.69. The van der Waals surface area contributed by atoms with E-state index in [-0.39, 0.29) is 11.1 Å². The first-order valence-electron chi connectivity index (χ1n) is 9.28. The zero-order chi connectivity index (χ0) is 21.1. The van der Waals surface area contributed by atoms with E-state index >= 15 is 0 Å². The van der Waals surface area contributed by atoms with E-state index in [2.05, 4.69) is 5.32 Å². The van der Waals surface area contributed by atoms with E-state index in [1.165, 1.54) is 0 Å². The molecule has 1 aliphatic heterocycles. The summed E-state index contributed by atoms with van der Waals surface area (Å²) in [6.07, 6.45) is 3.83. The first-order valence-corrected chi connectivity index (χ1v) is 9.28. The third-order valence-corrected chi connectivity index (χ3v) is 5.06. The number of carboxylic acid groups (broad SMARTS) is 2. The highest BCUT2D eigenvalue weighted by Gasteiger charge is 2.37. The highest BCUT2D eigenvalue weighted by molar-refractivity contribution is 5.99. The van der Waals surface area contributed by atoms with Gasteiger partial charge in [0.2, 0.25) is 0 Å². The van der Waals surface area contributed by atoms with Crippen molar-refractivity contribution in [1.82, 2.24) is 5.32 Å². The number of nitrogens with one attached hydrogen (secondary N) is 1. The topological polar surface area (TPSA) is 86.6 Å². The number of hydrogen-bond acceptors (Lipinski definition) is 3. The highest BCUT2D eigenvalue weighted by Crippen LogP contribution is 2.40. The van der Waals surface area contributed by atoms with E-state index in [1.54, 1.807) is 26.0 Å². The average Bonchev–Trinajstić information content (AvgIpc) is 2.66. The van der Waals surface area contributed by atoms with Crippen LogP contribution < -0.4 is 5.32 Å². The van der Waals surface area contributed by atoms with Crippen LogP contribution in [0.4, 0.5) is 0 Å². The molecule has 0 unspecified atom stereocenters. The third kappa shape index (κ3) is 4.14. The number of hydrogen-bond donors (Lipinski definition) is 3. The van der Waals surface area contributed by atoms with Gasteiger partial charge in [-0.25, -0.2) is 9.59 Å². The number of allylic oxidation sites excluding steroid dienone is 2. The average molecular weight is 389 g/mol. The third-order valence-electron chi connectivity index (χ3n) is 5.06. The maximum atomic E-state index is 12.0. The molecule has 0 fully saturated rings. The summed E-state index contributed by atoms with van der Waals surface area (Å²) in [5.41, 5.74) is 4.57. The van der Waals surface area contributed by atoms with Crippen LogP contribution in [-0.4, -0.2) is 22.2 Å². The Labute approximate surface area is 169 Å². The van der Waals surface area contributed by atoms with Gasteiger partial charge in [-0.05, 0) is 37.5 Å². The first-order chi connectivity index (χ1) is 13.8. The molecule has 5 nitrogen and oxygen atoms in total. The van der Waals surface area contributed by atoms with Crippen LogP contribution in [0.5, 0.6) is 0 Å². The van der Waals surface area contributed by atoms with Crippen molar-refractivity contribution < 1.29 is 19.8 Å². The zero-order valence-electron chi connectivity index (χ0n) is 16.6. The normalized spacial score (nSPS) is 15.0. The van der Waals surface area contributed by atoms with Crippen LogP contribution in [0, 0.1) is 6.92 Å². The summed E-state index contributed by atoms with van der Waals surface area (Å²) in [6, 6.07) is 15.3. The Hall–Kier alpha value is -3.60. The highest BCUT2D eigenvalue weighted by atomic mass is 16.4. The van der Waals surface area contributed by atoms with E-state index in [9.17, 15) is 19.8 Å². The number of rotatable bonds is 5. The minimum Gasteiger partial charge on any atom is -0.478 e. The van der Waals surface area contributed by atoms with Crippen LogP contribution in [0.25, 0.3) is 12.2 Å². The second kappa shape index (κ2) is 8.19. The smallest absolute Gasteiger partial charge is 0.334 e. The van der Waals surface area contributed by atoms with Crippen LogP contribution in [0.1, 0.15) is 42.0 Å². The lowest BCUT2D eigenvalue weighted by molar-refractivity contribution is -0.133. The van der Waals surface area contributed by atoms with Gasteiger partial charge in [0.05, 0.1) is 17.1 Å². The zero-order valence-corrected chi connectivity index (χ0v) is 16.6. The number of benzene rings is 2. The molecular weight excluding hydrogens is 366 g/mol. The van der Waals surface area contributed by atoms with Gasteiger partial charge in [-0.1, -0.05) is 66.2 Å². The summed E-state index contributed by atoms with van der Waals surface area (Å²) < 4.78 is 0. The molecule has 3 rings (SSSR count). The Balaban J connectivity index is 2.14. The monoisotopic (exact) mass is 389 g/mol. The van der Waals surface area contributed by atoms with Gasteiger partial charge in [0.15, 0.2) is 0 Å². The maximum absolute atomic E-state index is 12.0. The second-order valence-corrected chi connectivity index (χ2v) is 7.12. The van der Waals surface area contributed by atoms with Gasteiger partial charge in [0, 0.05) is 11.4 Å². The minimum atomic E-state index is -1.14. The molecule has 29 heavy (non-hydrogen) atoms. The molecule has 0 atom stereocenters. The molecule has 0 saturated carbocycles. The maximum Gasteiger partial charge on any atom is 0.334 e. The van der Waals surface area contributed by atoms with Gasteiger partial charge >= 0.3 is 11.9 Å². The van der Waals surface area contributed by atoms with Crippen molar-refractivity contribution in [1.29, 1.82) is 0 Å². The number of aliphatic carboxylic acids is 2. The van der Waals surface area contributed by atoms with Crippen molar-refractivity contribution in [3.05, 3.63) is 93.3 Å². The van der Waals surface area contributed by atoms with Gasteiger partial charge in [-0.2, -0.15) is 0 Å². The second-order valence-electron chi connectivity index (χ2n) is 7.12. The molecule has 2 aromatic rings. The predicted molar refractivity (Wildman–Crippen MR) is 113 cm³/mol. The molecule has 0 radical (unpaired) electrons. The minimum absolute atomic E-state index is 0.0455. The first kappa shape index (κ1) is 20.1. The standard InChI is InChI=1S/C24H23NO4/c1-14-8-10-17(11-9-14)12-13-18-6-4-5-7-19(18)22-20(23(26)27)15(2)25-16(3)21(22)24(28)29/h4-13,22,25H,1-3H3,(H,26,27)(H,28,29)/b13-12+. The molecule has 0 aromatic heterocycles. The molecule has 3 N–H and O–H groups in total. The summed E-state index contributed by atoms with van der Waals surface area (Å²) in [4.78, 5) is 24.0. The Bertz CT molecular complexity index is 1020. The van der Waals surface area contributed by atoms with Crippen molar-refractivity contribution in [2.45, 2.75) is 26.7 Å². The molecule has 5 heteroatoms. The van der Waals surface area contributed by atoms with Crippen molar-refractivity contribution >= 4 is 24.1 Å². The largest absolute Gasteiger partial charge is 0.478 e. The fourth-order valence-electron chi connectivity index (χ4n) is 3.66. The number of aryl methyl sites for hydroxylation is 1. The summed E-state index contributed by atoms with van der Waals surface area (Å²) in [5, 5.41) is 22.5. The van der Waals surface area contributed by atoms with Crippen LogP contribution in [0.15, 0.2) is 71.1 Å². The van der Waals surface area contributed by atoms with Crippen LogP contribution in [0.2, 0.25) is 0 Å². The summed E-state index contributed by atoms with van der Waals surface area (Å²) >= 11 is 0. The number of carboxylic acids is 2. The Morgan fingerprint density at radius 1 is 0.828 bits per heavy atom. The molecule has 148 valence electrons. The van der Waals surface area contributed by atoms with E-state index < -0.39 is 17.9 Å². The summed E-state index contributed by atoms with van der Waals surface area (Å²) in [7, 11) is 0. The molecule has 0 bridgehead atoms. The van der Waals surface area contributed by atoms with Crippen LogP contribution >= 0.6 is 0 Å². The summed E-state index contributed by atoms with van der Waals surface area (Å²) in [6.45, 7) is 5.33. The number of carbonyl (C=O) groups is 2. The molecule has 2 aromatic carbocycles. The van der Waals surface area contributed by atoms with Crippen LogP contribution in [0.3, 0.4) is 0 Å². The van der Waals surface area contributed by atoms with Crippen molar-refractivity contribution in [2.24, 2.45) is 0 Å². The predicted octanol–water partition coefficient (Wildman–Crippen LogP) is 4.57. The molecule has 0 saturated heterocycles. The van der Waals surface area contributed by atoms with Gasteiger partial charge in [-0.15, -0.1) is 0 Å². The fraction of sp³-hybridized carbons (Fsp3) is 0.167.